The van der Waals surface area contributed by atoms with Gasteiger partial charge in [0.1, 0.15) is 0 Å². The molecule has 0 saturated heterocycles. The molecule has 1 amide bonds. The summed E-state index contributed by atoms with van der Waals surface area (Å²) in [6.45, 7) is 0. The van der Waals surface area contributed by atoms with E-state index in [1.54, 1.807) is 5.38 Å². The fourth-order valence-corrected chi connectivity index (χ4v) is 2.84. The van der Waals surface area contributed by atoms with Crippen LogP contribution < -0.4 is 0 Å². The fraction of sp³-hybridized carbons (Fsp3) is 0.214. The normalized spacial score (nSPS) is 21.4. The fourth-order valence-electron chi connectivity index (χ4n) is 2.19. The average Bonchev–Trinajstić information content (AvgIpc) is 3.15. The first-order chi connectivity index (χ1) is 10.8. The Hall–Kier alpha value is -2.26. The molecule has 1 aliphatic heterocycles. The van der Waals surface area contributed by atoms with E-state index in [0.717, 1.165) is 11.3 Å². The molecule has 5 nitrogen and oxygen atoms in total. The molecule has 0 radical (unpaired) electrons. The zero-order valence-corrected chi connectivity index (χ0v) is 12.3. The van der Waals surface area contributed by atoms with E-state index in [9.17, 15) is 23.1 Å². The van der Waals surface area contributed by atoms with Gasteiger partial charge in [0.15, 0.2) is 0 Å². The molecule has 0 fully saturated rings. The van der Waals surface area contributed by atoms with Crippen LogP contribution in [0.25, 0.3) is 0 Å². The number of hydrogen-bond acceptors (Lipinski definition) is 5. The van der Waals surface area contributed by atoms with Gasteiger partial charge >= 0.3 is 6.18 Å². The lowest BCUT2D eigenvalue weighted by molar-refractivity contribution is -0.297. The van der Waals surface area contributed by atoms with Crippen LogP contribution in [0.1, 0.15) is 21.7 Å². The van der Waals surface area contributed by atoms with Crippen molar-refractivity contribution in [2.24, 2.45) is 5.10 Å². The molecule has 0 aromatic carbocycles. The topological polar surface area (TPSA) is 65.8 Å². The highest BCUT2D eigenvalue weighted by molar-refractivity contribution is 7.12. The Morgan fingerprint density at radius 1 is 1.30 bits per heavy atom. The van der Waals surface area contributed by atoms with Crippen LogP contribution in [-0.2, 0) is 0 Å². The average molecular weight is 341 g/mol. The zero-order chi connectivity index (χ0) is 16.7. The maximum atomic E-state index is 13.4. The molecule has 1 aliphatic rings. The molecule has 3 rings (SSSR count). The minimum atomic E-state index is -5.04. The number of nitrogens with zero attached hydrogens (tertiary/aromatic N) is 3. The summed E-state index contributed by atoms with van der Waals surface area (Å²) >= 11 is 0.977. The van der Waals surface area contributed by atoms with Gasteiger partial charge in [-0.25, -0.2) is 0 Å². The Kier molecular flexibility index (Phi) is 3.69. The minimum absolute atomic E-state index is 0.0304. The third-order valence-corrected chi connectivity index (χ3v) is 4.23. The highest BCUT2D eigenvalue weighted by atomic mass is 32.1. The van der Waals surface area contributed by atoms with Crippen LogP contribution in [-0.4, -0.2) is 38.6 Å². The minimum Gasteiger partial charge on any atom is -0.362 e. The second-order valence-corrected chi connectivity index (χ2v) is 5.82. The number of aliphatic hydroxyl groups is 1. The van der Waals surface area contributed by atoms with Crippen molar-refractivity contribution in [3.63, 3.8) is 0 Å². The molecule has 0 unspecified atom stereocenters. The Bertz CT molecular complexity index is 746. The van der Waals surface area contributed by atoms with E-state index in [4.69, 9.17) is 0 Å². The maximum Gasteiger partial charge on any atom is 0.438 e. The summed E-state index contributed by atoms with van der Waals surface area (Å²) in [6.07, 6.45) is -3.08. The van der Waals surface area contributed by atoms with Gasteiger partial charge in [-0.1, -0.05) is 6.07 Å². The van der Waals surface area contributed by atoms with E-state index < -0.39 is 24.2 Å². The molecule has 0 spiro atoms. The third kappa shape index (κ3) is 2.62. The molecule has 23 heavy (non-hydrogen) atoms. The number of aromatic nitrogens is 1. The predicted molar refractivity (Wildman–Crippen MR) is 76.9 cm³/mol. The summed E-state index contributed by atoms with van der Waals surface area (Å²) < 4.78 is 40.1. The van der Waals surface area contributed by atoms with E-state index in [0.29, 0.717) is 5.56 Å². The lowest BCUT2D eigenvalue weighted by atomic mass is 10.0. The monoisotopic (exact) mass is 341 g/mol. The molecule has 1 atom stereocenters. The summed E-state index contributed by atoms with van der Waals surface area (Å²) in [6, 6.07) is 5.85. The SMILES string of the molecule is O=C(c1cccs1)N1N=C(c2ccncc2)C[C@]1(O)C(F)(F)F. The number of carbonyl (C=O) groups excluding carboxylic acids is 1. The van der Waals surface area contributed by atoms with Gasteiger partial charge in [0, 0.05) is 18.0 Å². The summed E-state index contributed by atoms with van der Waals surface area (Å²) in [5.41, 5.74) is -3.03. The van der Waals surface area contributed by atoms with E-state index in [1.165, 1.54) is 36.7 Å². The van der Waals surface area contributed by atoms with Crippen molar-refractivity contribution in [2.45, 2.75) is 18.3 Å². The molecule has 0 saturated carbocycles. The number of pyridine rings is 1. The predicted octanol–water partition coefficient (Wildman–Crippen LogP) is 2.64. The lowest BCUT2D eigenvalue weighted by Gasteiger charge is -2.32. The van der Waals surface area contributed by atoms with Crippen molar-refractivity contribution in [3.05, 3.63) is 52.5 Å². The van der Waals surface area contributed by atoms with Gasteiger partial charge in [-0.3, -0.25) is 9.78 Å². The van der Waals surface area contributed by atoms with Crippen LogP contribution in [0.5, 0.6) is 0 Å². The molecule has 3 heterocycles. The maximum absolute atomic E-state index is 13.4. The Morgan fingerprint density at radius 3 is 2.57 bits per heavy atom. The number of alkyl halides is 3. The van der Waals surface area contributed by atoms with Gasteiger partial charge in [0.05, 0.1) is 17.0 Å². The molecule has 0 bridgehead atoms. The second kappa shape index (κ2) is 5.43. The van der Waals surface area contributed by atoms with Crippen molar-refractivity contribution < 1.29 is 23.1 Å². The molecular weight excluding hydrogens is 331 g/mol. The summed E-state index contributed by atoms with van der Waals surface area (Å²) in [5, 5.41) is 15.6. The van der Waals surface area contributed by atoms with Crippen LogP contribution in [0.3, 0.4) is 0 Å². The summed E-state index contributed by atoms with van der Waals surface area (Å²) in [4.78, 5) is 16.1. The number of amides is 1. The van der Waals surface area contributed by atoms with Gasteiger partial charge in [0.25, 0.3) is 11.6 Å². The van der Waals surface area contributed by atoms with E-state index in [-0.39, 0.29) is 15.6 Å². The quantitative estimate of drug-likeness (QED) is 0.913. The van der Waals surface area contributed by atoms with Crippen LogP contribution in [0.15, 0.2) is 47.1 Å². The van der Waals surface area contributed by atoms with Crippen LogP contribution >= 0.6 is 11.3 Å². The van der Waals surface area contributed by atoms with Crippen molar-refractivity contribution in [3.8, 4) is 0 Å². The van der Waals surface area contributed by atoms with E-state index >= 15 is 0 Å². The van der Waals surface area contributed by atoms with Crippen molar-refractivity contribution >= 4 is 23.0 Å². The molecule has 2 aromatic rings. The van der Waals surface area contributed by atoms with Crippen LogP contribution in [0.4, 0.5) is 13.2 Å². The smallest absolute Gasteiger partial charge is 0.362 e. The highest BCUT2D eigenvalue weighted by Gasteiger charge is 2.63. The molecule has 2 aromatic heterocycles. The largest absolute Gasteiger partial charge is 0.438 e. The standard InChI is InChI=1S/C14H10F3N3O2S/c15-14(16,17)13(22)8-10(9-3-5-18-6-4-9)19-20(13)12(21)11-2-1-7-23-11/h1-7,22H,8H2/t13-/m0/s1. The Balaban J connectivity index is 2.04. The first kappa shape index (κ1) is 15.6. The molecule has 9 heteroatoms. The highest BCUT2D eigenvalue weighted by Crippen LogP contribution is 2.42. The van der Waals surface area contributed by atoms with Crippen LogP contribution in [0, 0.1) is 0 Å². The number of halogens is 3. The lowest BCUT2D eigenvalue weighted by Crippen LogP contribution is -2.56. The van der Waals surface area contributed by atoms with Crippen molar-refractivity contribution in [2.75, 3.05) is 0 Å². The zero-order valence-electron chi connectivity index (χ0n) is 11.5. The number of thiophene rings is 1. The Labute approximate surface area is 132 Å². The van der Waals surface area contributed by atoms with Crippen LogP contribution in [0.2, 0.25) is 0 Å². The molecule has 1 N–H and O–H groups in total. The first-order valence-corrected chi connectivity index (χ1v) is 7.36. The van der Waals surface area contributed by atoms with Crippen molar-refractivity contribution in [1.29, 1.82) is 0 Å². The first-order valence-electron chi connectivity index (χ1n) is 6.48. The van der Waals surface area contributed by atoms with Gasteiger partial charge in [-0.15, -0.1) is 11.3 Å². The van der Waals surface area contributed by atoms with Gasteiger partial charge in [-0.2, -0.15) is 23.3 Å². The second-order valence-electron chi connectivity index (χ2n) is 4.87. The molecule has 120 valence electrons. The number of hydrazone groups is 1. The summed E-state index contributed by atoms with van der Waals surface area (Å²) in [7, 11) is 0. The number of carbonyl (C=O) groups is 1. The third-order valence-electron chi connectivity index (χ3n) is 3.38. The van der Waals surface area contributed by atoms with E-state index in [2.05, 4.69) is 10.1 Å². The van der Waals surface area contributed by atoms with Gasteiger partial charge < -0.3 is 5.11 Å². The van der Waals surface area contributed by atoms with Gasteiger partial charge in [0.2, 0.25) is 0 Å². The summed E-state index contributed by atoms with van der Waals surface area (Å²) in [5.74, 6) is -0.996. The molecular formula is C14H10F3N3O2S. The van der Waals surface area contributed by atoms with E-state index in [1.807, 2.05) is 0 Å². The Morgan fingerprint density at radius 2 is 2.00 bits per heavy atom. The number of hydrogen-bond donors (Lipinski definition) is 1. The van der Waals surface area contributed by atoms with Crippen molar-refractivity contribution in [1.82, 2.24) is 9.99 Å². The number of rotatable bonds is 2. The van der Waals surface area contributed by atoms with Gasteiger partial charge in [-0.05, 0) is 23.6 Å². The molecule has 0 aliphatic carbocycles.